The van der Waals surface area contributed by atoms with Crippen molar-refractivity contribution in [3.63, 3.8) is 0 Å². The Balaban J connectivity index is 1.65. The van der Waals surface area contributed by atoms with Gasteiger partial charge in [-0.15, -0.1) is 11.3 Å². The SMILES string of the molecule is O=C(NCCc1nc2c(c(C(F)(F)F)n1)CCCC2)Nc1cccs1. The van der Waals surface area contributed by atoms with Crippen molar-refractivity contribution in [2.24, 2.45) is 0 Å². The maximum atomic E-state index is 13.2. The highest BCUT2D eigenvalue weighted by Gasteiger charge is 2.37. The van der Waals surface area contributed by atoms with Crippen LogP contribution in [-0.4, -0.2) is 22.5 Å². The lowest BCUT2D eigenvalue weighted by atomic mass is 9.94. The molecule has 0 spiro atoms. The Morgan fingerprint density at radius 3 is 2.76 bits per heavy atom. The molecule has 0 bridgehead atoms. The number of fused-ring (bicyclic) bond motifs is 1. The molecule has 2 heterocycles. The van der Waals surface area contributed by atoms with Crippen molar-refractivity contribution in [1.82, 2.24) is 15.3 Å². The normalized spacial score (nSPS) is 14.0. The topological polar surface area (TPSA) is 66.9 Å². The van der Waals surface area contributed by atoms with Crippen LogP contribution in [-0.2, 0) is 25.4 Å². The second kappa shape index (κ2) is 7.38. The van der Waals surface area contributed by atoms with Crippen molar-refractivity contribution >= 4 is 22.4 Å². The minimum absolute atomic E-state index is 0.115. The minimum atomic E-state index is -4.48. The van der Waals surface area contributed by atoms with Crippen molar-refractivity contribution in [2.45, 2.75) is 38.3 Å². The van der Waals surface area contributed by atoms with Gasteiger partial charge in [-0.05, 0) is 43.2 Å². The maximum absolute atomic E-state index is 13.2. The third-order valence-corrected chi connectivity index (χ3v) is 4.68. The number of halogens is 3. The van der Waals surface area contributed by atoms with Gasteiger partial charge in [0.1, 0.15) is 5.82 Å². The van der Waals surface area contributed by atoms with E-state index in [4.69, 9.17) is 0 Å². The Morgan fingerprint density at radius 1 is 1.24 bits per heavy atom. The molecule has 0 saturated heterocycles. The van der Waals surface area contributed by atoms with Crippen LogP contribution in [0.15, 0.2) is 17.5 Å². The second-order valence-electron chi connectivity index (χ2n) is 5.73. The summed E-state index contributed by atoms with van der Waals surface area (Å²) in [5.74, 6) is 0.115. The summed E-state index contributed by atoms with van der Waals surface area (Å²) in [4.78, 5) is 19.7. The molecule has 0 radical (unpaired) electrons. The van der Waals surface area contributed by atoms with Crippen LogP contribution in [0.25, 0.3) is 0 Å². The summed E-state index contributed by atoms with van der Waals surface area (Å²) >= 11 is 1.38. The standard InChI is InChI=1S/C16H17F3N4OS/c17-16(18,19)14-10-4-1-2-5-11(10)21-12(22-14)7-8-20-15(24)23-13-6-3-9-25-13/h3,6,9H,1-2,4-5,7-8H2,(H2,20,23,24). The first-order valence-electron chi connectivity index (χ1n) is 7.97. The molecular weight excluding hydrogens is 353 g/mol. The van der Waals surface area contributed by atoms with Gasteiger partial charge in [0, 0.05) is 24.2 Å². The number of carbonyl (C=O) groups excluding carboxylic acids is 1. The quantitative estimate of drug-likeness (QED) is 0.860. The molecule has 0 atom stereocenters. The van der Waals surface area contributed by atoms with Gasteiger partial charge in [-0.1, -0.05) is 0 Å². The first-order chi connectivity index (χ1) is 11.9. The number of alkyl halides is 3. The highest BCUT2D eigenvalue weighted by atomic mass is 32.1. The highest BCUT2D eigenvalue weighted by molar-refractivity contribution is 7.14. The minimum Gasteiger partial charge on any atom is -0.337 e. The van der Waals surface area contributed by atoms with E-state index in [9.17, 15) is 18.0 Å². The van der Waals surface area contributed by atoms with E-state index in [1.807, 2.05) is 5.38 Å². The molecule has 3 rings (SSSR count). The predicted octanol–water partition coefficient (Wildman–Crippen LogP) is 3.80. The van der Waals surface area contributed by atoms with Crippen LogP contribution in [0.3, 0.4) is 0 Å². The zero-order valence-corrected chi connectivity index (χ0v) is 14.1. The predicted molar refractivity (Wildman–Crippen MR) is 88.7 cm³/mol. The maximum Gasteiger partial charge on any atom is 0.433 e. The van der Waals surface area contributed by atoms with Crippen molar-refractivity contribution in [3.05, 3.63) is 40.3 Å². The molecule has 0 aromatic carbocycles. The van der Waals surface area contributed by atoms with Gasteiger partial charge in [0.15, 0.2) is 5.69 Å². The lowest BCUT2D eigenvalue weighted by Crippen LogP contribution is -2.31. The van der Waals surface area contributed by atoms with E-state index >= 15 is 0 Å². The number of aromatic nitrogens is 2. The third kappa shape index (κ3) is 4.47. The van der Waals surface area contributed by atoms with E-state index in [1.54, 1.807) is 12.1 Å². The molecule has 25 heavy (non-hydrogen) atoms. The number of aryl methyl sites for hydroxylation is 1. The number of thiophene rings is 1. The van der Waals surface area contributed by atoms with Crippen molar-refractivity contribution < 1.29 is 18.0 Å². The molecule has 2 aromatic heterocycles. The van der Waals surface area contributed by atoms with Gasteiger partial charge >= 0.3 is 12.2 Å². The van der Waals surface area contributed by atoms with Crippen LogP contribution in [0, 0.1) is 0 Å². The first kappa shape index (κ1) is 17.7. The van der Waals surface area contributed by atoms with Crippen molar-refractivity contribution in [3.8, 4) is 0 Å². The van der Waals surface area contributed by atoms with E-state index in [0.717, 1.165) is 12.8 Å². The molecule has 0 unspecified atom stereocenters. The van der Waals surface area contributed by atoms with Crippen LogP contribution in [0.5, 0.6) is 0 Å². The van der Waals surface area contributed by atoms with Crippen molar-refractivity contribution in [1.29, 1.82) is 0 Å². The van der Waals surface area contributed by atoms with Gasteiger partial charge in [0.25, 0.3) is 0 Å². The lowest BCUT2D eigenvalue weighted by Gasteiger charge is -2.20. The van der Waals surface area contributed by atoms with Crippen LogP contribution >= 0.6 is 11.3 Å². The van der Waals surface area contributed by atoms with Gasteiger partial charge < -0.3 is 5.32 Å². The van der Waals surface area contributed by atoms with Crippen LogP contribution in [0.4, 0.5) is 23.0 Å². The van der Waals surface area contributed by atoms with Crippen LogP contribution in [0.2, 0.25) is 0 Å². The molecule has 0 aliphatic heterocycles. The summed E-state index contributed by atoms with van der Waals surface area (Å²) < 4.78 is 39.7. The number of rotatable bonds is 4. The number of nitrogens with zero attached hydrogens (tertiary/aromatic N) is 2. The molecule has 134 valence electrons. The first-order valence-corrected chi connectivity index (χ1v) is 8.85. The molecule has 9 heteroatoms. The Hall–Kier alpha value is -2.16. The fourth-order valence-corrected chi connectivity index (χ4v) is 3.40. The Bertz CT molecular complexity index is 747. The molecule has 2 N–H and O–H groups in total. The molecule has 2 amide bonds. The summed E-state index contributed by atoms with van der Waals surface area (Å²) in [5.41, 5.74) is -0.104. The number of amides is 2. The van der Waals surface area contributed by atoms with E-state index in [0.29, 0.717) is 23.5 Å². The number of carbonyl (C=O) groups is 1. The number of hydrogen-bond acceptors (Lipinski definition) is 4. The zero-order chi connectivity index (χ0) is 17.9. The fraction of sp³-hybridized carbons (Fsp3) is 0.438. The molecule has 5 nitrogen and oxygen atoms in total. The van der Waals surface area contributed by atoms with Crippen LogP contribution < -0.4 is 10.6 Å². The summed E-state index contributed by atoms with van der Waals surface area (Å²) in [6, 6.07) is 3.16. The number of nitrogens with one attached hydrogen (secondary N) is 2. The smallest absolute Gasteiger partial charge is 0.337 e. The molecule has 0 saturated carbocycles. The Kier molecular flexibility index (Phi) is 5.22. The summed E-state index contributed by atoms with van der Waals surface area (Å²) in [6.07, 6.45) is -1.87. The number of anilines is 1. The zero-order valence-electron chi connectivity index (χ0n) is 13.3. The second-order valence-corrected chi connectivity index (χ2v) is 6.67. The average molecular weight is 370 g/mol. The Morgan fingerprint density at radius 2 is 2.04 bits per heavy atom. The van der Waals surface area contributed by atoms with Gasteiger partial charge in [0.05, 0.1) is 5.00 Å². The largest absolute Gasteiger partial charge is 0.433 e. The molecular formula is C16H17F3N4OS. The summed E-state index contributed by atoms with van der Waals surface area (Å²) in [7, 11) is 0. The van der Waals surface area contributed by atoms with Crippen LogP contribution in [0.1, 0.15) is 35.6 Å². The summed E-state index contributed by atoms with van der Waals surface area (Å²) in [6.45, 7) is 0.160. The lowest BCUT2D eigenvalue weighted by molar-refractivity contribution is -0.142. The molecule has 1 aliphatic rings. The Labute approximate surface area is 146 Å². The fourth-order valence-electron chi connectivity index (χ4n) is 2.79. The van der Waals surface area contributed by atoms with E-state index in [-0.39, 0.29) is 24.4 Å². The molecule has 1 aliphatic carbocycles. The number of hydrogen-bond donors (Lipinski definition) is 2. The highest BCUT2D eigenvalue weighted by Crippen LogP contribution is 2.34. The average Bonchev–Trinajstić information content (AvgIpc) is 3.06. The van der Waals surface area contributed by atoms with E-state index in [2.05, 4.69) is 20.6 Å². The van der Waals surface area contributed by atoms with Gasteiger partial charge in [-0.2, -0.15) is 13.2 Å². The third-order valence-electron chi connectivity index (χ3n) is 3.89. The van der Waals surface area contributed by atoms with Gasteiger partial charge in [-0.25, -0.2) is 14.8 Å². The monoisotopic (exact) mass is 370 g/mol. The number of urea groups is 1. The van der Waals surface area contributed by atoms with Gasteiger partial charge in [-0.3, -0.25) is 5.32 Å². The van der Waals surface area contributed by atoms with Crippen molar-refractivity contribution in [2.75, 3.05) is 11.9 Å². The molecule has 0 fully saturated rings. The van der Waals surface area contributed by atoms with E-state index < -0.39 is 17.9 Å². The molecule has 2 aromatic rings. The van der Waals surface area contributed by atoms with E-state index in [1.165, 1.54) is 11.3 Å². The summed E-state index contributed by atoms with van der Waals surface area (Å²) in [5, 5.41) is 7.77. The van der Waals surface area contributed by atoms with Gasteiger partial charge in [0.2, 0.25) is 0 Å².